The molecule has 1 aromatic heterocycles. The molecule has 1 N–H and O–H groups in total. The molecule has 6 nitrogen and oxygen atoms in total. The van der Waals surface area contributed by atoms with Crippen molar-refractivity contribution in [1.29, 1.82) is 0 Å². The zero-order valence-electron chi connectivity index (χ0n) is 15.9. The standard InChI is InChI=1S/C20H27N3O3S/c1-21-20(24)19-12-11-17(22(19)2)18-10-6-7-13-23(18)14-15-27(25,26)16-8-4-3-5-9-16/h3-5,8-9,11-12,18H,6-7,10,13-15H2,1-2H3,(H,21,24). The molecule has 2 heterocycles. The molecule has 1 aliphatic rings. The van der Waals surface area contributed by atoms with Crippen LogP contribution in [0.1, 0.15) is 41.5 Å². The van der Waals surface area contributed by atoms with E-state index in [0.29, 0.717) is 17.1 Å². The van der Waals surface area contributed by atoms with Gasteiger partial charge in [0.1, 0.15) is 5.69 Å². The summed E-state index contributed by atoms with van der Waals surface area (Å²) in [7, 11) is 0.217. The monoisotopic (exact) mass is 389 g/mol. The molecule has 146 valence electrons. The second kappa shape index (κ2) is 8.27. The van der Waals surface area contributed by atoms with E-state index in [1.807, 2.05) is 29.8 Å². The SMILES string of the molecule is CNC(=O)c1ccc(C2CCCCN2CCS(=O)(=O)c2ccccc2)n1C. The molecule has 1 aliphatic heterocycles. The number of nitrogens with zero attached hydrogens (tertiary/aromatic N) is 2. The molecular formula is C20H27N3O3S. The summed E-state index contributed by atoms with van der Waals surface area (Å²) in [5.41, 5.74) is 1.68. The first kappa shape index (κ1) is 19.6. The molecule has 1 fully saturated rings. The van der Waals surface area contributed by atoms with Crippen LogP contribution in [-0.2, 0) is 16.9 Å². The van der Waals surface area contributed by atoms with Crippen LogP contribution in [0.3, 0.4) is 0 Å². The lowest BCUT2D eigenvalue weighted by Crippen LogP contribution is -2.37. The van der Waals surface area contributed by atoms with Gasteiger partial charge in [-0.3, -0.25) is 9.69 Å². The van der Waals surface area contributed by atoms with Crippen LogP contribution in [0.25, 0.3) is 0 Å². The largest absolute Gasteiger partial charge is 0.354 e. The Labute approximate surface area is 161 Å². The molecule has 0 radical (unpaired) electrons. The minimum absolute atomic E-state index is 0.0975. The molecule has 7 heteroatoms. The fraction of sp³-hybridized carbons (Fsp3) is 0.450. The molecule has 0 saturated carbocycles. The van der Waals surface area contributed by atoms with Crippen LogP contribution >= 0.6 is 0 Å². The number of benzene rings is 1. The molecule has 0 aliphatic carbocycles. The average Bonchev–Trinajstić information content (AvgIpc) is 3.08. The molecule has 3 rings (SSSR count). The summed E-state index contributed by atoms with van der Waals surface area (Å²) in [6.45, 7) is 1.36. The summed E-state index contributed by atoms with van der Waals surface area (Å²) in [6, 6.07) is 12.6. The van der Waals surface area contributed by atoms with Crippen LogP contribution in [-0.4, -0.2) is 49.7 Å². The number of carbonyl (C=O) groups excluding carboxylic acids is 1. The van der Waals surface area contributed by atoms with Gasteiger partial charge in [-0.25, -0.2) is 8.42 Å². The van der Waals surface area contributed by atoms with Crippen molar-refractivity contribution in [3.05, 3.63) is 53.9 Å². The van der Waals surface area contributed by atoms with Gasteiger partial charge in [-0.15, -0.1) is 0 Å². The number of hydrogen-bond acceptors (Lipinski definition) is 4. The van der Waals surface area contributed by atoms with Crippen LogP contribution in [0.4, 0.5) is 0 Å². The number of likely N-dealkylation sites (tertiary alicyclic amines) is 1. The predicted octanol–water partition coefficient (Wildman–Crippen LogP) is 2.39. The highest BCUT2D eigenvalue weighted by Gasteiger charge is 2.28. The maximum Gasteiger partial charge on any atom is 0.267 e. The van der Waals surface area contributed by atoms with E-state index < -0.39 is 9.84 Å². The first-order valence-electron chi connectivity index (χ1n) is 9.33. The normalized spacial score (nSPS) is 18.4. The van der Waals surface area contributed by atoms with Gasteiger partial charge < -0.3 is 9.88 Å². The quantitative estimate of drug-likeness (QED) is 0.823. The predicted molar refractivity (Wildman–Crippen MR) is 105 cm³/mol. The highest BCUT2D eigenvalue weighted by Crippen LogP contribution is 2.31. The summed E-state index contributed by atoms with van der Waals surface area (Å²) >= 11 is 0. The first-order valence-corrected chi connectivity index (χ1v) is 11.0. The lowest BCUT2D eigenvalue weighted by Gasteiger charge is -2.36. The van der Waals surface area contributed by atoms with E-state index in [-0.39, 0.29) is 17.7 Å². The van der Waals surface area contributed by atoms with Crippen molar-refractivity contribution in [1.82, 2.24) is 14.8 Å². The van der Waals surface area contributed by atoms with Gasteiger partial charge >= 0.3 is 0 Å². The number of nitrogens with one attached hydrogen (secondary N) is 1. The number of sulfone groups is 1. The number of carbonyl (C=O) groups is 1. The Balaban J connectivity index is 1.77. The highest BCUT2D eigenvalue weighted by atomic mass is 32.2. The fourth-order valence-corrected chi connectivity index (χ4v) is 5.08. The van der Waals surface area contributed by atoms with Crippen LogP contribution in [0.15, 0.2) is 47.4 Å². The molecule has 0 bridgehead atoms. The molecule has 27 heavy (non-hydrogen) atoms. The molecule has 1 unspecified atom stereocenters. The maximum atomic E-state index is 12.6. The van der Waals surface area contributed by atoms with Gasteiger partial charge in [0, 0.05) is 26.3 Å². The van der Waals surface area contributed by atoms with E-state index in [4.69, 9.17) is 0 Å². The molecule has 1 aromatic carbocycles. The Hall–Kier alpha value is -2.12. The average molecular weight is 390 g/mol. The molecule has 1 saturated heterocycles. The van der Waals surface area contributed by atoms with Crippen molar-refractivity contribution >= 4 is 15.7 Å². The number of hydrogen-bond donors (Lipinski definition) is 1. The van der Waals surface area contributed by atoms with E-state index in [9.17, 15) is 13.2 Å². The Bertz CT molecular complexity index is 890. The topological polar surface area (TPSA) is 71.4 Å². The van der Waals surface area contributed by atoms with Crippen molar-refractivity contribution < 1.29 is 13.2 Å². The number of amides is 1. The zero-order chi connectivity index (χ0) is 19.4. The Morgan fingerprint density at radius 2 is 1.89 bits per heavy atom. The van der Waals surface area contributed by atoms with Crippen molar-refractivity contribution in [3.63, 3.8) is 0 Å². The third-order valence-corrected chi connectivity index (χ3v) is 7.04. The van der Waals surface area contributed by atoms with Gasteiger partial charge in [0.25, 0.3) is 5.91 Å². The second-order valence-corrected chi connectivity index (χ2v) is 9.07. The first-order chi connectivity index (χ1) is 12.9. The lowest BCUT2D eigenvalue weighted by molar-refractivity contribution is 0.0953. The van der Waals surface area contributed by atoms with Crippen LogP contribution in [0.2, 0.25) is 0 Å². The van der Waals surface area contributed by atoms with Crippen molar-refractivity contribution in [2.75, 3.05) is 25.9 Å². The summed E-state index contributed by atoms with van der Waals surface area (Å²) in [4.78, 5) is 14.6. The Kier molecular flexibility index (Phi) is 6.01. The van der Waals surface area contributed by atoms with E-state index in [2.05, 4.69) is 10.2 Å². The van der Waals surface area contributed by atoms with Gasteiger partial charge in [0.05, 0.1) is 16.7 Å². The second-order valence-electron chi connectivity index (χ2n) is 6.96. The maximum absolute atomic E-state index is 12.6. The Morgan fingerprint density at radius 1 is 1.15 bits per heavy atom. The summed E-state index contributed by atoms with van der Waals surface area (Å²) in [5, 5.41) is 2.66. The van der Waals surface area contributed by atoms with Crippen molar-refractivity contribution in [2.24, 2.45) is 7.05 Å². The van der Waals surface area contributed by atoms with Gasteiger partial charge in [-0.2, -0.15) is 0 Å². The van der Waals surface area contributed by atoms with Gasteiger partial charge in [0.2, 0.25) is 0 Å². The summed E-state index contributed by atoms with van der Waals surface area (Å²) < 4.78 is 27.2. The lowest BCUT2D eigenvalue weighted by atomic mass is 9.99. The van der Waals surface area contributed by atoms with E-state index >= 15 is 0 Å². The van der Waals surface area contributed by atoms with Crippen LogP contribution in [0.5, 0.6) is 0 Å². The summed E-state index contributed by atoms with van der Waals surface area (Å²) in [5.74, 6) is -0.0157. The zero-order valence-corrected chi connectivity index (χ0v) is 16.7. The fourth-order valence-electron chi connectivity index (χ4n) is 3.79. The highest BCUT2D eigenvalue weighted by molar-refractivity contribution is 7.91. The van der Waals surface area contributed by atoms with Crippen molar-refractivity contribution in [2.45, 2.75) is 30.2 Å². The smallest absolute Gasteiger partial charge is 0.267 e. The van der Waals surface area contributed by atoms with E-state index in [1.165, 1.54) is 0 Å². The number of rotatable bonds is 6. The minimum Gasteiger partial charge on any atom is -0.354 e. The minimum atomic E-state index is -3.30. The van der Waals surface area contributed by atoms with Crippen molar-refractivity contribution in [3.8, 4) is 0 Å². The molecular weight excluding hydrogens is 362 g/mol. The van der Waals surface area contributed by atoms with Crippen LogP contribution in [0, 0.1) is 0 Å². The number of aromatic nitrogens is 1. The van der Waals surface area contributed by atoms with Gasteiger partial charge in [0.15, 0.2) is 9.84 Å². The summed E-state index contributed by atoms with van der Waals surface area (Å²) in [6.07, 6.45) is 3.14. The van der Waals surface area contributed by atoms with Crippen LogP contribution < -0.4 is 5.32 Å². The molecule has 0 spiro atoms. The van der Waals surface area contributed by atoms with Gasteiger partial charge in [-0.1, -0.05) is 24.6 Å². The molecule has 1 atom stereocenters. The third-order valence-electron chi connectivity index (χ3n) is 5.32. The van der Waals surface area contributed by atoms with Gasteiger partial charge in [-0.05, 0) is 43.7 Å². The van der Waals surface area contributed by atoms with E-state index in [0.717, 1.165) is 31.5 Å². The third kappa shape index (κ3) is 4.25. The Morgan fingerprint density at radius 3 is 2.59 bits per heavy atom. The van der Waals surface area contributed by atoms with E-state index in [1.54, 1.807) is 31.3 Å². The molecule has 1 amide bonds. The molecule has 2 aromatic rings. The number of piperidine rings is 1.